The van der Waals surface area contributed by atoms with Gasteiger partial charge >= 0.3 is 0 Å². The van der Waals surface area contributed by atoms with Crippen LogP contribution in [0.15, 0.2) is 29.0 Å². The van der Waals surface area contributed by atoms with Crippen LogP contribution in [0, 0.1) is 5.82 Å². The molecule has 14 heavy (non-hydrogen) atoms. The highest BCUT2D eigenvalue weighted by atomic mass is 19.1. The van der Waals surface area contributed by atoms with E-state index >= 15 is 0 Å². The molecular formula is C9H8FN3O. The van der Waals surface area contributed by atoms with Gasteiger partial charge in [-0.05, 0) is 6.07 Å². The smallest absolute Gasteiger partial charge is 0.168 e. The molecule has 0 radical (unpaired) electrons. The van der Waals surface area contributed by atoms with E-state index in [2.05, 4.69) is 10.1 Å². The third kappa shape index (κ3) is 1.62. The van der Waals surface area contributed by atoms with E-state index in [4.69, 9.17) is 10.3 Å². The van der Waals surface area contributed by atoms with Crippen LogP contribution in [0.3, 0.4) is 0 Å². The first-order valence-electron chi connectivity index (χ1n) is 4.06. The average Bonchev–Trinajstić information content (AvgIpc) is 2.66. The lowest BCUT2D eigenvalue weighted by Crippen LogP contribution is -1.94. The number of aromatic nitrogens is 2. The Balaban J connectivity index is 2.39. The summed E-state index contributed by atoms with van der Waals surface area (Å²) in [5.41, 5.74) is 6.54. The molecule has 0 bridgehead atoms. The van der Waals surface area contributed by atoms with Gasteiger partial charge in [-0.3, -0.25) is 4.98 Å². The van der Waals surface area contributed by atoms with E-state index in [-0.39, 0.29) is 0 Å². The molecule has 0 atom stereocenters. The summed E-state index contributed by atoms with van der Waals surface area (Å²) in [5.74, 6) is 0.0608. The van der Waals surface area contributed by atoms with Crippen molar-refractivity contribution in [2.45, 2.75) is 6.54 Å². The normalized spacial score (nSPS) is 10.4. The number of nitrogens with zero attached hydrogens (tertiary/aromatic N) is 2. The molecule has 4 nitrogen and oxygen atoms in total. The molecule has 2 rings (SSSR count). The predicted molar refractivity (Wildman–Crippen MR) is 47.6 cm³/mol. The Hall–Kier alpha value is -1.75. The van der Waals surface area contributed by atoms with Gasteiger partial charge in [0, 0.05) is 24.4 Å². The van der Waals surface area contributed by atoms with Crippen LogP contribution in [0.1, 0.15) is 5.69 Å². The summed E-state index contributed by atoms with van der Waals surface area (Å²) >= 11 is 0. The molecule has 0 spiro atoms. The van der Waals surface area contributed by atoms with Gasteiger partial charge in [0.15, 0.2) is 5.76 Å². The zero-order valence-corrected chi connectivity index (χ0v) is 7.27. The number of pyridine rings is 1. The molecular weight excluding hydrogens is 185 g/mol. The molecule has 72 valence electrons. The Morgan fingerprint density at radius 1 is 1.36 bits per heavy atom. The van der Waals surface area contributed by atoms with Crippen LogP contribution < -0.4 is 5.73 Å². The van der Waals surface area contributed by atoms with Crippen molar-refractivity contribution in [2.24, 2.45) is 5.73 Å². The van der Waals surface area contributed by atoms with Crippen LogP contribution in [-0.4, -0.2) is 10.1 Å². The van der Waals surface area contributed by atoms with E-state index in [1.165, 1.54) is 12.3 Å². The standard InChI is InChI=1S/C9H8FN3O/c10-7-1-6(4-12-5-7)9-2-8(3-11)13-14-9/h1-2,4-5H,3,11H2. The first kappa shape index (κ1) is 8.83. The van der Waals surface area contributed by atoms with Crippen molar-refractivity contribution in [3.05, 3.63) is 36.0 Å². The van der Waals surface area contributed by atoms with Gasteiger partial charge in [0.2, 0.25) is 0 Å². The minimum atomic E-state index is -0.409. The molecule has 0 aromatic carbocycles. The van der Waals surface area contributed by atoms with Gasteiger partial charge in [0.25, 0.3) is 0 Å². The Labute approximate surface area is 79.5 Å². The van der Waals surface area contributed by atoms with Crippen molar-refractivity contribution in [3.8, 4) is 11.3 Å². The molecule has 2 N–H and O–H groups in total. The number of halogens is 1. The van der Waals surface area contributed by atoms with Gasteiger partial charge < -0.3 is 10.3 Å². The molecule has 0 saturated carbocycles. The second kappa shape index (κ2) is 3.55. The number of rotatable bonds is 2. The number of nitrogens with two attached hydrogens (primary N) is 1. The lowest BCUT2D eigenvalue weighted by atomic mass is 10.2. The third-order valence-corrected chi connectivity index (χ3v) is 1.76. The fourth-order valence-corrected chi connectivity index (χ4v) is 1.09. The molecule has 0 aliphatic carbocycles. The highest BCUT2D eigenvalue weighted by Gasteiger charge is 2.06. The lowest BCUT2D eigenvalue weighted by Gasteiger charge is -1.92. The molecule has 0 amide bonds. The summed E-state index contributed by atoms with van der Waals surface area (Å²) < 4.78 is 17.8. The highest BCUT2D eigenvalue weighted by molar-refractivity contribution is 5.55. The minimum Gasteiger partial charge on any atom is -0.356 e. The molecule has 2 aromatic rings. The van der Waals surface area contributed by atoms with E-state index in [0.717, 1.165) is 6.20 Å². The predicted octanol–water partition coefficient (Wildman–Crippen LogP) is 1.33. The first-order chi connectivity index (χ1) is 6.79. The van der Waals surface area contributed by atoms with Gasteiger partial charge in [0.1, 0.15) is 5.82 Å². The van der Waals surface area contributed by atoms with Crippen LogP contribution in [0.4, 0.5) is 4.39 Å². The monoisotopic (exact) mass is 193 g/mol. The molecule has 5 heteroatoms. The zero-order chi connectivity index (χ0) is 9.97. The van der Waals surface area contributed by atoms with Crippen LogP contribution in [0.25, 0.3) is 11.3 Å². The van der Waals surface area contributed by atoms with E-state index in [0.29, 0.717) is 23.6 Å². The Bertz CT molecular complexity index is 441. The maximum absolute atomic E-state index is 12.8. The van der Waals surface area contributed by atoms with E-state index in [1.54, 1.807) is 6.07 Å². The van der Waals surface area contributed by atoms with Gasteiger partial charge in [-0.25, -0.2) is 4.39 Å². The lowest BCUT2D eigenvalue weighted by molar-refractivity contribution is 0.423. The van der Waals surface area contributed by atoms with Crippen molar-refractivity contribution in [1.29, 1.82) is 0 Å². The van der Waals surface area contributed by atoms with Gasteiger partial charge in [-0.1, -0.05) is 5.16 Å². The molecule has 0 unspecified atom stereocenters. The minimum absolute atomic E-state index is 0.298. The van der Waals surface area contributed by atoms with E-state index < -0.39 is 5.82 Å². The van der Waals surface area contributed by atoms with Crippen molar-refractivity contribution >= 4 is 0 Å². The molecule has 0 fully saturated rings. The summed E-state index contributed by atoms with van der Waals surface area (Å²) in [6, 6.07) is 2.99. The topological polar surface area (TPSA) is 64.9 Å². The Morgan fingerprint density at radius 2 is 2.21 bits per heavy atom. The van der Waals surface area contributed by atoms with Crippen LogP contribution in [-0.2, 0) is 6.54 Å². The van der Waals surface area contributed by atoms with E-state index in [9.17, 15) is 4.39 Å². The second-order valence-corrected chi connectivity index (χ2v) is 2.78. The van der Waals surface area contributed by atoms with Crippen molar-refractivity contribution in [2.75, 3.05) is 0 Å². The van der Waals surface area contributed by atoms with Crippen LogP contribution in [0.2, 0.25) is 0 Å². The Kier molecular flexibility index (Phi) is 2.24. The molecule has 0 saturated heterocycles. The van der Waals surface area contributed by atoms with Crippen molar-refractivity contribution in [1.82, 2.24) is 10.1 Å². The SMILES string of the molecule is NCc1cc(-c2cncc(F)c2)on1. The van der Waals surface area contributed by atoms with E-state index in [1.807, 2.05) is 0 Å². The zero-order valence-electron chi connectivity index (χ0n) is 7.27. The van der Waals surface area contributed by atoms with Gasteiger partial charge in [-0.15, -0.1) is 0 Å². The largest absolute Gasteiger partial charge is 0.356 e. The van der Waals surface area contributed by atoms with Gasteiger partial charge in [-0.2, -0.15) is 0 Å². The molecule has 2 aromatic heterocycles. The summed E-state index contributed by atoms with van der Waals surface area (Å²) in [4.78, 5) is 3.70. The summed E-state index contributed by atoms with van der Waals surface area (Å²) in [6.07, 6.45) is 2.63. The quantitative estimate of drug-likeness (QED) is 0.781. The highest BCUT2D eigenvalue weighted by Crippen LogP contribution is 2.19. The summed E-state index contributed by atoms with van der Waals surface area (Å²) in [7, 11) is 0. The number of hydrogen-bond acceptors (Lipinski definition) is 4. The fraction of sp³-hybridized carbons (Fsp3) is 0.111. The maximum atomic E-state index is 12.8. The second-order valence-electron chi connectivity index (χ2n) is 2.78. The van der Waals surface area contributed by atoms with Crippen LogP contribution >= 0.6 is 0 Å². The van der Waals surface area contributed by atoms with Gasteiger partial charge in [0.05, 0.1) is 11.9 Å². The Morgan fingerprint density at radius 3 is 2.86 bits per heavy atom. The summed E-state index contributed by atoms with van der Waals surface area (Å²) in [5, 5.41) is 3.69. The number of hydrogen-bond donors (Lipinski definition) is 1. The average molecular weight is 193 g/mol. The fourth-order valence-electron chi connectivity index (χ4n) is 1.09. The maximum Gasteiger partial charge on any atom is 0.168 e. The van der Waals surface area contributed by atoms with Crippen molar-refractivity contribution < 1.29 is 8.91 Å². The molecule has 2 heterocycles. The van der Waals surface area contributed by atoms with Crippen LogP contribution in [0.5, 0.6) is 0 Å². The van der Waals surface area contributed by atoms with Crippen molar-refractivity contribution in [3.63, 3.8) is 0 Å². The summed E-state index contributed by atoms with van der Waals surface area (Å²) in [6.45, 7) is 0.298. The first-order valence-corrected chi connectivity index (χ1v) is 4.06. The third-order valence-electron chi connectivity index (χ3n) is 1.76. The molecule has 0 aliphatic rings. The molecule has 0 aliphatic heterocycles.